The van der Waals surface area contributed by atoms with Crippen molar-refractivity contribution < 1.29 is 38.1 Å². The van der Waals surface area contributed by atoms with Gasteiger partial charge in [-0.15, -0.1) is 5.10 Å². The number of ether oxygens (including phenoxy) is 1. The van der Waals surface area contributed by atoms with Crippen molar-refractivity contribution in [3.05, 3.63) is 102 Å². The van der Waals surface area contributed by atoms with E-state index in [0.717, 1.165) is 34.9 Å². The molecule has 2 fully saturated rings. The Bertz CT molecular complexity index is 3080. The lowest BCUT2D eigenvalue weighted by atomic mass is 9.94. The van der Waals surface area contributed by atoms with Crippen LogP contribution in [0.4, 0.5) is 34.5 Å². The predicted octanol–water partition coefficient (Wildman–Crippen LogP) is 6.77. The number of fused-ring (bicyclic) bond motifs is 2. The van der Waals surface area contributed by atoms with Crippen molar-refractivity contribution in [2.45, 2.75) is 53.0 Å². The molecule has 372 valence electrons. The Balaban J connectivity index is 0.823. The van der Waals surface area contributed by atoms with E-state index in [4.69, 9.17) is 9.72 Å². The van der Waals surface area contributed by atoms with Crippen LogP contribution >= 0.6 is 0 Å². The number of anilines is 6. The van der Waals surface area contributed by atoms with Crippen LogP contribution in [0.2, 0.25) is 0 Å². The van der Waals surface area contributed by atoms with E-state index >= 15 is 0 Å². The Morgan fingerprint density at radius 2 is 1.55 bits per heavy atom. The van der Waals surface area contributed by atoms with E-state index in [1.807, 2.05) is 80.0 Å². The summed E-state index contributed by atoms with van der Waals surface area (Å²) >= 11 is 0. The van der Waals surface area contributed by atoms with Gasteiger partial charge in [-0.2, -0.15) is 4.98 Å². The molecule has 2 saturated heterocycles. The minimum Gasteiger partial charge on any atom is -0.508 e. The molecular weight excluding hydrogens is 927 g/mol. The summed E-state index contributed by atoms with van der Waals surface area (Å²) in [4.78, 5) is 46.7. The molecule has 19 nitrogen and oxygen atoms in total. The number of piperazine rings is 1. The highest BCUT2D eigenvalue weighted by Crippen LogP contribution is 2.44. The van der Waals surface area contributed by atoms with E-state index in [9.17, 15) is 33.3 Å². The maximum Gasteiger partial charge on any atom is 0.319 e. The smallest absolute Gasteiger partial charge is 0.319 e. The van der Waals surface area contributed by atoms with Gasteiger partial charge in [-0.1, -0.05) is 43.2 Å². The fraction of sp³-hybridized carbons (Fsp3) is 0.373. The molecule has 0 radical (unpaired) electrons. The van der Waals surface area contributed by atoms with Gasteiger partial charge in [0.15, 0.2) is 11.6 Å². The van der Waals surface area contributed by atoms with E-state index < -0.39 is 10.0 Å². The first-order chi connectivity index (χ1) is 34.1. The number of hydrogen-bond donors (Lipinski definition) is 3. The largest absolute Gasteiger partial charge is 0.508 e. The SMILES string of the molecule is CCOc1cc(N2CCC(C(=O)N3CCN(Cc4ccc(-n5c(O)nnc5-c5cc(C(C)C)c(O)cc5O)cc4)CC3)CC2)ccc1N(CC)c1ncc2c(n1)N(S(C)(=O)=O)c1ccccc1C(=O)N2C. The van der Waals surface area contributed by atoms with Gasteiger partial charge in [0.2, 0.25) is 21.9 Å². The molecule has 4 aromatic carbocycles. The van der Waals surface area contributed by atoms with Crippen molar-refractivity contribution in [3.63, 3.8) is 0 Å². The topological polar surface area (TPSA) is 214 Å². The number of hydrogen-bond acceptors (Lipinski definition) is 15. The minimum atomic E-state index is -3.95. The number of carbonyl (C=O) groups is 2. The fourth-order valence-electron chi connectivity index (χ4n) is 9.76. The molecule has 5 heterocycles. The van der Waals surface area contributed by atoms with Gasteiger partial charge in [-0.3, -0.25) is 14.5 Å². The molecular formula is C51H59N11O8S. The second kappa shape index (κ2) is 19.7. The quantitative estimate of drug-likeness (QED) is 0.109. The molecule has 0 aliphatic carbocycles. The van der Waals surface area contributed by atoms with Crippen LogP contribution < -0.4 is 23.7 Å². The Labute approximate surface area is 413 Å². The van der Waals surface area contributed by atoms with Crippen LogP contribution in [-0.4, -0.2) is 136 Å². The summed E-state index contributed by atoms with van der Waals surface area (Å²) in [5.74, 6) is 0.677. The van der Waals surface area contributed by atoms with Crippen LogP contribution in [0.25, 0.3) is 17.1 Å². The zero-order valence-electron chi connectivity index (χ0n) is 40.7. The van der Waals surface area contributed by atoms with Gasteiger partial charge in [-0.05, 0) is 86.2 Å². The Hall–Kier alpha value is -7.45. The van der Waals surface area contributed by atoms with Crippen molar-refractivity contribution >= 4 is 56.4 Å². The number of phenolic OH excluding ortho intramolecular Hbond substituents is 2. The van der Waals surface area contributed by atoms with Gasteiger partial charge in [-0.25, -0.2) is 22.3 Å². The second-order valence-corrected chi connectivity index (χ2v) is 20.2. The number of piperidine rings is 1. The molecule has 3 aliphatic heterocycles. The van der Waals surface area contributed by atoms with Crippen LogP contribution in [-0.2, 0) is 21.4 Å². The van der Waals surface area contributed by atoms with Gasteiger partial charge < -0.3 is 39.7 Å². The van der Waals surface area contributed by atoms with Gasteiger partial charge in [0.05, 0.1) is 47.2 Å². The van der Waals surface area contributed by atoms with Crippen molar-refractivity contribution in [1.29, 1.82) is 0 Å². The molecule has 71 heavy (non-hydrogen) atoms. The first-order valence-corrected chi connectivity index (χ1v) is 25.8. The third kappa shape index (κ3) is 9.48. The van der Waals surface area contributed by atoms with Crippen LogP contribution in [0, 0.1) is 5.92 Å². The summed E-state index contributed by atoms with van der Waals surface area (Å²) in [7, 11) is -2.37. The molecule has 9 rings (SSSR count). The number of carbonyl (C=O) groups excluding carboxylic acids is 2. The zero-order chi connectivity index (χ0) is 50.3. The molecule has 0 saturated carbocycles. The van der Waals surface area contributed by atoms with Crippen molar-refractivity contribution in [2.75, 3.05) is 84.7 Å². The third-order valence-corrected chi connectivity index (χ3v) is 14.6. The van der Waals surface area contributed by atoms with Crippen LogP contribution in [0.5, 0.6) is 23.3 Å². The van der Waals surface area contributed by atoms with Crippen LogP contribution in [0.3, 0.4) is 0 Å². The van der Waals surface area contributed by atoms with Crippen molar-refractivity contribution in [1.82, 2.24) is 34.5 Å². The molecule has 2 amide bonds. The first kappa shape index (κ1) is 48.6. The molecule has 3 N–H and O–H groups in total. The lowest BCUT2D eigenvalue weighted by Gasteiger charge is -2.39. The summed E-state index contributed by atoms with van der Waals surface area (Å²) in [5, 5.41) is 39.8. The number of amides is 2. The monoisotopic (exact) mass is 985 g/mol. The van der Waals surface area contributed by atoms with Crippen LogP contribution in [0.1, 0.15) is 67.9 Å². The molecule has 20 heteroatoms. The van der Waals surface area contributed by atoms with E-state index in [-0.39, 0.29) is 75.7 Å². The number of aromatic hydroxyl groups is 3. The number of nitrogens with zero attached hydrogens (tertiary/aromatic N) is 11. The molecule has 3 aliphatic rings. The number of phenols is 2. The Kier molecular flexibility index (Phi) is 13.5. The molecule has 2 aromatic heterocycles. The van der Waals surface area contributed by atoms with Crippen molar-refractivity contribution in [3.8, 4) is 40.3 Å². The molecule has 0 bridgehead atoms. The zero-order valence-corrected chi connectivity index (χ0v) is 41.5. The minimum absolute atomic E-state index is 0.0115. The Morgan fingerprint density at radius 1 is 0.845 bits per heavy atom. The highest BCUT2D eigenvalue weighted by molar-refractivity contribution is 7.92. The number of rotatable bonds is 13. The normalized spacial score (nSPS) is 15.7. The standard InChI is InChI=1S/C51H59N11O8S/c1-7-60(50-52-30-42-47(53-50)62(71(6,68)69)40-12-10-9-11-37(40)49(66)56(42)5)41-18-17-36(27-45(41)70-8-2)58-21-19-34(20-22-58)48(65)59-25-23-57(24-26-59)31-33-13-15-35(16-14-33)61-46(54-55-51(61)67)39-28-38(32(3)4)43(63)29-44(39)64/h9-18,27-30,32,34,63-64H,7-8,19-26,31H2,1-6H3,(H,55,67). The van der Waals surface area contributed by atoms with E-state index in [1.54, 1.807) is 37.4 Å². The molecule has 0 atom stereocenters. The van der Waals surface area contributed by atoms with Gasteiger partial charge in [0.1, 0.15) is 22.9 Å². The Morgan fingerprint density at radius 3 is 2.23 bits per heavy atom. The lowest BCUT2D eigenvalue weighted by Crippen LogP contribution is -2.51. The molecule has 0 unspecified atom stereocenters. The average Bonchev–Trinajstić information content (AvgIpc) is 3.70. The average molecular weight is 986 g/mol. The highest BCUT2D eigenvalue weighted by atomic mass is 32.2. The van der Waals surface area contributed by atoms with Gasteiger partial charge in [0.25, 0.3) is 5.91 Å². The summed E-state index contributed by atoms with van der Waals surface area (Å²) in [5.41, 5.74) is 4.99. The van der Waals surface area contributed by atoms with Gasteiger partial charge in [0, 0.05) is 83.1 Å². The molecule has 6 aromatic rings. The fourth-order valence-corrected chi connectivity index (χ4v) is 10.7. The van der Waals surface area contributed by atoms with Gasteiger partial charge >= 0.3 is 6.01 Å². The van der Waals surface area contributed by atoms with E-state index in [2.05, 4.69) is 25.0 Å². The number of benzene rings is 4. The van der Waals surface area contributed by atoms with Crippen LogP contribution in [0.15, 0.2) is 85.1 Å². The lowest BCUT2D eigenvalue weighted by molar-refractivity contribution is -0.138. The maximum atomic E-state index is 13.9. The predicted molar refractivity (Wildman–Crippen MR) is 271 cm³/mol. The number of sulfonamides is 1. The summed E-state index contributed by atoms with van der Waals surface area (Å²) in [6, 6.07) is 22.9. The van der Waals surface area contributed by atoms with Crippen molar-refractivity contribution in [2.24, 2.45) is 5.92 Å². The number of aromatic nitrogens is 5. The maximum absolute atomic E-state index is 13.9. The van der Waals surface area contributed by atoms with E-state index in [1.165, 1.54) is 21.7 Å². The molecule has 0 spiro atoms. The highest BCUT2D eigenvalue weighted by Gasteiger charge is 2.36. The number of para-hydroxylation sites is 1. The summed E-state index contributed by atoms with van der Waals surface area (Å²) < 4.78 is 35.6. The first-order valence-electron chi connectivity index (χ1n) is 23.9. The third-order valence-electron chi connectivity index (χ3n) is 13.5. The second-order valence-electron chi connectivity index (χ2n) is 18.4. The summed E-state index contributed by atoms with van der Waals surface area (Å²) in [6.45, 7) is 13.4. The summed E-state index contributed by atoms with van der Waals surface area (Å²) in [6.07, 6.45) is 4.00. The van der Waals surface area contributed by atoms with E-state index in [0.29, 0.717) is 87.0 Å².